The molecule has 0 radical (unpaired) electrons. The van der Waals surface area contributed by atoms with Gasteiger partial charge in [-0.05, 0) is 83.8 Å². The number of aliphatic carboxylic acids is 1. The number of aromatic hydroxyl groups is 1. The number of phenolic OH excluding ortho intramolecular Hbond substituents is 1. The Morgan fingerprint density at radius 1 is 0.824 bits per heavy atom. The Kier molecular flexibility index (Phi) is 16.0. The van der Waals surface area contributed by atoms with Gasteiger partial charge in [-0.1, -0.05) is 45.0 Å². The number of para-hydroxylation sites is 1. The van der Waals surface area contributed by atoms with Crippen molar-refractivity contribution in [2.24, 2.45) is 0 Å². The molecule has 1 aromatic heterocycles. The summed E-state index contributed by atoms with van der Waals surface area (Å²) in [5, 5.41) is 26.0. The molecule has 0 saturated carbocycles. The molecule has 19 heteroatoms. The molecule has 2 amide bonds. The molecular weight excluding hydrogens is 899 g/mol. The minimum atomic E-state index is -3.81. The summed E-state index contributed by atoms with van der Waals surface area (Å²) in [6.07, 6.45) is 2.68. The zero-order valence-corrected chi connectivity index (χ0v) is 39.1. The molecule has 4 aromatic carbocycles. The molecule has 2 aliphatic rings. The van der Waals surface area contributed by atoms with Crippen LogP contribution in [0.5, 0.6) is 17.2 Å². The summed E-state index contributed by atoms with van der Waals surface area (Å²) >= 11 is 0. The van der Waals surface area contributed by atoms with Crippen LogP contribution in [0.1, 0.15) is 71.4 Å². The van der Waals surface area contributed by atoms with E-state index in [1.54, 1.807) is 30.3 Å². The van der Waals surface area contributed by atoms with Gasteiger partial charge in [0.25, 0.3) is 11.8 Å². The van der Waals surface area contributed by atoms with Gasteiger partial charge in [-0.2, -0.15) is 4.31 Å². The summed E-state index contributed by atoms with van der Waals surface area (Å²) in [6.45, 7) is 8.65. The largest absolute Gasteiger partial charge is 0.504 e. The first-order chi connectivity index (χ1) is 32.6. The van der Waals surface area contributed by atoms with Crippen LogP contribution < -0.4 is 25.5 Å². The van der Waals surface area contributed by atoms with Crippen molar-refractivity contribution in [3.05, 3.63) is 118 Å². The number of sulfonamides is 1. The molecule has 5 N–H and O–H groups in total. The van der Waals surface area contributed by atoms with Gasteiger partial charge in [0, 0.05) is 47.6 Å². The van der Waals surface area contributed by atoms with Crippen molar-refractivity contribution in [3.8, 4) is 17.2 Å². The number of aromatic nitrogens is 1. The third-order valence-electron chi connectivity index (χ3n) is 11.7. The number of carbonyl (C=O) groups excluding carboxylic acids is 2. The number of H-pyrrole nitrogens is 1. The number of nitrogens with one attached hydrogen (secondary N) is 3. The van der Waals surface area contributed by atoms with Crippen LogP contribution in [-0.4, -0.2) is 130 Å². The van der Waals surface area contributed by atoms with E-state index in [9.17, 15) is 32.7 Å². The molecule has 2 aliphatic heterocycles. The lowest BCUT2D eigenvalue weighted by Crippen LogP contribution is -2.43. The van der Waals surface area contributed by atoms with Gasteiger partial charge in [-0.3, -0.25) is 19.2 Å². The third-order valence-corrected chi connectivity index (χ3v) is 13.5. The maximum atomic E-state index is 13.5. The Morgan fingerprint density at radius 2 is 1.47 bits per heavy atom. The molecule has 5 aromatic rings. The van der Waals surface area contributed by atoms with Crippen molar-refractivity contribution in [2.75, 3.05) is 89.8 Å². The highest BCUT2D eigenvalue weighted by Gasteiger charge is 2.33. The van der Waals surface area contributed by atoms with E-state index in [0.29, 0.717) is 99.2 Å². The number of phenols is 1. The Balaban J connectivity index is 0.743. The zero-order chi connectivity index (χ0) is 48.4. The Morgan fingerprint density at radius 3 is 2.13 bits per heavy atom. The summed E-state index contributed by atoms with van der Waals surface area (Å²) in [6, 6.07) is 22.1. The molecular formula is C49H57N5O13S. The molecule has 7 rings (SSSR count). The van der Waals surface area contributed by atoms with E-state index in [1.807, 2.05) is 45.0 Å². The number of rotatable bonds is 21. The maximum Gasteiger partial charge on any atom is 0.323 e. The first kappa shape index (κ1) is 49.4. The van der Waals surface area contributed by atoms with E-state index in [-0.39, 0.29) is 53.3 Å². The van der Waals surface area contributed by atoms with E-state index in [2.05, 4.69) is 15.6 Å². The standard InChI is InChI=1S/C49H57N5O13S/c1-49(2,3)39-27-44(43(55)28-42(39)52-47(59)38-29-50-40-7-5-4-6-36(40)46(38)58)67-25-23-65-21-19-63-18-20-64-22-24-66-34-10-8-32(9-11-34)33-14-16-54(17-15-33)68(61,62)35-12-13-37-41(26-35)51-31-53(48(37)60)30-45(56)57/h4-13,26-29,33,51,55H,14-25,30-31H2,1-3H3,(H,50,58)(H,52,59)(H,56,57). The van der Waals surface area contributed by atoms with Crippen LogP contribution in [0.15, 0.2) is 94.7 Å². The second kappa shape index (κ2) is 22.1. The van der Waals surface area contributed by atoms with E-state index < -0.39 is 45.2 Å². The maximum absolute atomic E-state index is 13.5. The highest BCUT2D eigenvalue weighted by atomic mass is 32.2. The fourth-order valence-corrected chi connectivity index (χ4v) is 9.55. The SMILES string of the molecule is CC(C)(C)c1cc(OCCOCCOCCOCCOc2ccc(C3CCN(S(=O)(=O)c4ccc5c(c4)NCN(CC(=O)O)C5=O)CC3)cc2)c(O)cc1NC(=O)c1c[nH]c2ccccc2c1=O. The molecule has 18 nitrogen and oxygen atoms in total. The molecule has 362 valence electrons. The van der Waals surface area contributed by atoms with Gasteiger partial charge >= 0.3 is 5.97 Å². The molecule has 0 spiro atoms. The third kappa shape index (κ3) is 12.1. The Hall–Kier alpha value is -6.51. The summed E-state index contributed by atoms with van der Waals surface area (Å²) in [5.41, 5.74) is 2.50. The van der Waals surface area contributed by atoms with Crippen LogP contribution in [0.3, 0.4) is 0 Å². The number of carboxylic acids is 1. The molecule has 1 saturated heterocycles. The van der Waals surface area contributed by atoms with Crippen molar-refractivity contribution < 1.29 is 56.7 Å². The number of ether oxygens (including phenoxy) is 5. The average Bonchev–Trinajstić information content (AvgIpc) is 3.31. The van der Waals surface area contributed by atoms with Gasteiger partial charge in [-0.15, -0.1) is 0 Å². The van der Waals surface area contributed by atoms with Gasteiger partial charge in [0.15, 0.2) is 11.5 Å². The van der Waals surface area contributed by atoms with Crippen molar-refractivity contribution in [1.82, 2.24) is 14.2 Å². The molecule has 0 aliphatic carbocycles. The topological polar surface area (TPSA) is 235 Å². The lowest BCUT2D eigenvalue weighted by atomic mass is 9.85. The average molecular weight is 956 g/mol. The van der Waals surface area contributed by atoms with Gasteiger partial charge in [0.1, 0.15) is 31.1 Å². The number of hydrogen-bond acceptors (Lipinski definition) is 13. The van der Waals surface area contributed by atoms with E-state index in [0.717, 1.165) is 10.5 Å². The molecule has 0 atom stereocenters. The smallest absolute Gasteiger partial charge is 0.323 e. The van der Waals surface area contributed by atoms with E-state index in [1.165, 1.54) is 34.8 Å². The number of fused-ring (bicyclic) bond motifs is 2. The molecule has 1 fully saturated rings. The lowest BCUT2D eigenvalue weighted by Gasteiger charge is -2.32. The number of carbonyl (C=O) groups is 3. The highest BCUT2D eigenvalue weighted by molar-refractivity contribution is 7.89. The van der Waals surface area contributed by atoms with Crippen LogP contribution in [0.4, 0.5) is 11.4 Å². The minimum Gasteiger partial charge on any atom is -0.504 e. The number of pyridine rings is 1. The van der Waals surface area contributed by atoms with Crippen LogP contribution in [-0.2, 0) is 34.4 Å². The molecule has 3 heterocycles. The van der Waals surface area contributed by atoms with Gasteiger partial charge in [0.2, 0.25) is 15.5 Å². The quantitative estimate of drug-likeness (QED) is 0.0550. The highest BCUT2D eigenvalue weighted by Crippen LogP contribution is 2.39. The lowest BCUT2D eigenvalue weighted by molar-refractivity contribution is -0.137. The van der Waals surface area contributed by atoms with Gasteiger partial charge in [-0.25, -0.2) is 8.42 Å². The fraction of sp³-hybridized carbons (Fsp3) is 0.388. The van der Waals surface area contributed by atoms with Crippen LogP contribution >= 0.6 is 0 Å². The predicted octanol–water partition coefficient (Wildman–Crippen LogP) is 5.77. The molecule has 0 bridgehead atoms. The summed E-state index contributed by atoms with van der Waals surface area (Å²) in [7, 11) is -3.81. The first-order valence-electron chi connectivity index (χ1n) is 22.4. The number of anilines is 2. The number of piperidine rings is 1. The fourth-order valence-electron chi connectivity index (χ4n) is 8.05. The second-order valence-electron chi connectivity index (χ2n) is 17.4. The number of hydrogen-bond donors (Lipinski definition) is 5. The minimum absolute atomic E-state index is 0.0275. The van der Waals surface area contributed by atoms with Crippen LogP contribution in [0, 0.1) is 0 Å². The zero-order valence-electron chi connectivity index (χ0n) is 38.2. The van der Waals surface area contributed by atoms with Gasteiger partial charge < -0.3 is 54.4 Å². The van der Waals surface area contributed by atoms with Crippen molar-refractivity contribution in [3.63, 3.8) is 0 Å². The Labute approximate surface area is 394 Å². The number of nitrogens with zero attached hydrogens (tertiary/aromatic N) is 2. The number of aromatic amines is 1. The molecule has 68 heavy (non-hydrogen) atoms. The summed E-state index contributed by atoms with van der Waals surface area (Å²) < 4.78 is 57.0. The van der Waals surface area contributed by atoms with Crippen LogP contribution in [0.2, 0.25) is 0 Å². The summed E-state index contributed by atoms with van der Waals surface area (Å²) in [4.78, 5) is 54.2. The van der Waals surface area contributed by atoms with Crippen molar-refractivity contribution in [1.29, 1.82) is 0 Å². The van der Waals surface area contributed by atoms with Crippen LogP contribution in [0.25, 0.3) is 10.9 Å². The predicted molar refractivity (Wildman–Crippen MR) is 254 cm³/mol. The number of carboxylic acid groups (broad SMARTS) is 1. The van der Waals surface area contributed by atoms with Gasteiger partial charge in [0.05, 0.1) is 56.8 Å². The second-order valence-corrected chi connectivity index (χ2v) is 19.3. The van der Waals surface area contributed by atoms with E-state index in [4.69, 9.17) is 28.8 Å². The monoisotopic (exact) mass is 955 g/mol. The number of benzene rings is 4. The Bertz CT molecular complexity index is 2770. The van der Waals surface area contributed by atoms with Crippen molar-refractivity contribution >= 4 is 50.1 Å². The normalized spacial score (nSPS) is 14.6. The number of amides is 2. The first-order valence-corrected chi connectivity index (χ1v) is 23.8. The van der Waals surface area contributed by atoms with E-state index >= 15 is 0 Å². The summed E-state index contributed by atoms with van der Waals surface area (Å²) in [5.74, 6) is -1.26. The van der Waals surface area contributed by atoms with Crippen molar-refractivity contribution in [2.45, 2.75) is 49.8 Å². The molecule has 0 unspecified atom stereocenters.